The predicted octanol–water partition coefficient (Wildman–Crippen LogP) is 3.16. The summed E-state index contributed by atoms with van der Waals surface area (Å²) in [5, 5.41) is 0. The van der Waals surface area contributed by atoms with E-state index in [-0.39, 0.29) is 30.2 Å². The number of amides is 1. The van der Waals surface area contributed by atoms with Crippen molar-refractivity contribution >= 4 is 18.3 Å². The van der Waals surface area contributed by atoms with E-state index >= 15 is 0 Å². The minimum Gasteiger partial charge on any atom is -0.342 e. The van der Waals surface area contributed by atoms with Gasteiger partial charge in [-0.25, -0.2) is 4.39 Å². The minimum atomic E-state index is -0.229. The molecule has 3 nitrogen and oxygen atoms in total. The van der Waals surface area contributed by atoms with E-state index in [4.69, 9.17) is 5.73 Å². The van der Waals surface area contributed by atoms with Gasteiger partial charge in [0.15, 0.2) is 0 Å². The van der Waals surface area contributed by atoms with Crippen LogP contribution < -0.4 is 5.73 Å². The van der Waals surface area contributed by atoms with Crippen LogP contribution in [0.25, 0.3) is 0 Å². The molecule has 0 aliphatic heterocycles. The quantitative estimate of drug-likeness (QED) is 0.801. The Morgan fingerprint density at radius 3 is 2.67 bits per heavy atom. The molecule has 1 atom stereocenters. The summed E-state index contributed by atoms with van der Waals surface area (Å²) in [6, 6.07) is 6.59. The summed E-state index contributed by atoms with van der Waals surface area (Å²) < 4.78 is 13.1. The number of nitrogens with two attached hydrogens (primary N) is 1. The van der Waals surface area contributed by atoms with Crippen LogP contribution in [0.5, 0.6) is 0 Å². The first kappa shape index (κ1) is 19.9. The molecule has 0 radical (unpaired) electrons. The predicted molar refractivity (Wildman–Crippen MR) is 87.1 cm³/mol. The molecular formula is C16H26ClFN2O. The molecule has 21 heavy (non-hydrogen) atoms. The smallest absolute Gasteiger partial charge is 0.222 e. The highest BCUT2D eigenvalue weighted by Gasteiger charge is 2.13. The fourth-order valence-electron chi connectivity index (χ4n) is 2.10. The summed E-state index contributed by atoms with van der Waals surface area (Å²) in [6.45, 7) is 5.33. The second-order valence-electron chi connectivity index (χ2n) is 5.28. The normalized spacial score (nSPS) is 11.6. The van der Waals surface area contributed by atoms with Crippen LogP contribution in [0, 0.1) is 5.82 Å². The number of nitrogens with zero attached hydrogens (tertiary/aromatic N) is 1. The minimum absolute atomic E-state index is 0. The topological polar surface area (TPSA) is 46.3 Å². The van der Waals surface area contributed by atoms with Gasteiger partial charge in [-0.05, 0) is 43.9 Å². The number of hydrogen-bond donors (Lipinski definition) is 1. The van der Waals surface area contributed by atoms with Crippen molar-refractivity contribution in [3.8, 4) is 0 Å². The maximum absolute atomic E-state index is 13.1. The highest BCUT2D eigenvalue weighted by Crippen LogP contribution is 2.07. The van der Waals surface area contributed by atoms with Crippen molar-refractivity contribution < 1.29 is 9.18 Å². The molecule has 5 heteroatoms. The molecule has 1 rings (SSSR count). The van der Waals surface area contributed by atoms with Crippen LogP contribution >= 0.6 is 12.4 Å². The summed E-state index contributed by atoms with van der Waals surface area (Å²) in [5.74, 6) is -0.0895. The van der Waals surface area contributed by atoms with Crippen molar-refractivity contribution in [1.82, 2.24) is 4.90 Å². The van der Waals surface area contributed by atoms with Crippen LogP contribution in [-0.4, -0.2) is 29.9 Å². The number of rotatable bonds is 8. The first-order valence-electron chi connectivity index (χ1n) is 7.30. The molecule has 0 spiro atoms. The maximum atomic E-state index is 13.1. The molecule has 1 aromatic carbocycles. The SMILES string of the molecule is CCCN(CCc1cccc(F)c1)C(=O)CCC(C)N.Cl. The Kier molecular flexibility index (Phi) is 10.0. The zero-order valence-corrected chi connectivity index (χ0v) is 13.7. The molecule has 1 unspecified atom stereocenters. The Bertz CT molecular complexity index is 426. The first-order valence-corrected chi connectivity index (χ1v) is 7.30. The van der Waals surface area contributed by atoms with Gasteiger partial charge in [0.25, 0.3) is 0 Å². The number of halogens is 2. The molecule has 2 N–H and O–H groups in total. The van der Waals surface area contributed by atoms with Gasteiger partial charge in [-0.3, -0.25) is 4.79 Å². The zero-order valence-electron chi connectivity index (χ0n) is 12.8. The Morgan fingerprint density at radius 1 is 1.38 bits per heavy atom. The highest BCUT2D eigenvalue weighted by molar-refractivity contribution is 5.85. The van der Waals surface area contributed by atoms with Crippen LogP contribution in [0.1, 0.15) is 38.7 Å². The van der Waals surface area contributed by atoms with E-state index in [9.17, 15) is 9.18 Å². The van der Waals surface area contributed by atoms with Gasteiger partial charge in [-0.1, -0.05) is 19.1 Å². The standard InChI is InChI=1S/C16H25FN2O.ClH/c1-3-10-19(16(20)8-7-13(2)18)11-9-14-5-4-6-15(17)12-14;/h4-6,12-13H,3,7-11,18H2,1-2H3;1H. The van der Waals surface area contributed by atoms with Crippen LogP contribution in [0.15, 0.2) is 24.3 Å². The first-order chi connectivity index (χ1) is 9.52. The molecule has 1 aromatic rings. The summed E-state index contributed by atoms with van der Waals surface area (Å²) in [7, 11) is 0. The monoisotopic (exact) mass is 316 g/mol. The van der Waals surface area contributed by atoms with Gasteiger partial charge in [-0.15, -0.1) is 12.4 Å². The lowest BCUT2D eigenvalue weighted by Crippen LogP contribution is -2.34. The fourth-order valence-corrected chi connectivity index (χ4v) is 2.10. The second-order valence-corrected chi connectivity index (χ2v) is 5.28. The van der Waals surface area contributed by atoms with Gasteiger partial charge < -0.3 is 10.6 Å². The van der Waals surface area contributed by atoms with Gasteiger partial charge in [0.2, 0.25) is 5.91 Å². The lowest BCUT2D eigenvalue weighted by atomic mass is 10.1. The molecular weight excluding hydrogens is 291 g/mol. The van der Waals surface area contributed by atoms with E-state index < -0.39 is 0 Å². The number of carbonyl (C=O) groups is 1. The average molecular weight is 317 g/mol. The van der Waals surface area contributed by atoms with E-state index in [0.717, 1.165) is 18.5 Å². The molecule has 0 saturated heterocycles. The number of benzene rings is 1. The van der Waals surface area contributed by atoms with E-state index in [1.165, 1.54) is 12.1 Å². The molecule has 0 aromatic heterocycles. The third kappa shape index (κ3) is 8.02. The van der Waals surface area contributed by atoms with Crippen LogP contribution in [0.4, 0.5) is 4.39 Å². The van der Waals surface area contributed by atoms with Gasteiger partial charge in [0, 0.05) is 25.6 Å². The van der Waals surface area contributed by atoms with Crippen molar-refractivity contribution in [2.24, 2.45) is 5.73 Å². The van der Waals surface area contributed by atoms with Crippen molar-refractivity contribution in [2.75, 3.05) is 13.1 Å². The average Bonchev–Trinajstić information content (AvgIpc) is 2.41. The Hall–Kier alpha value is -1.13. The van der Waals surface area contributed by atoms with Gasteiger partial charge >= 0.3 is 0 Å². The molecule has 0 aliphatic carbocycles. The number of carbonyl (C=O) groups excluding carboxylic acids is 1. The van der Waals surface area contributed by atoms with E-state index in [1.807, 2.05) is 24.8 Å². The van der Waals surface area contributed by atoms with Crippen molar-refractivity contribution in [3.05, 3.63) is 35.6 Å². The highest BCUT2D eigenvalue weighted by atomic mass is 35.5. The largest absolute Gasteiger partial charge is 0.342 e. The van der Waals surface area contributed by atoms with Crippen LogP contribution in [0.3, 0.4) is 0 Å². The molecule has 0 fully saturated rings. The Balaban J connectivity index is 0.00000400. The molecule has 0 heterocycles. The van der Waals surface area contributed by atoms with Crippen molar-refractivity contribution in [3.63, 3.8) is 0 Å². The summed E-state index contributed by atoms with van der Waals surface area (Å²) >= 11 is 0. The van der Waals surface area contributed by atoms with E-state index in [0.29, 0.717) is 25.8 Å². The molecule has 0 bridgehead atoms. The zero-order chi connectivity index (χ0) is 15.0. The molecule has 0 aliphatic rings. The maximum Gasteiger partial charge on any atom is 0.222 e. The molecule has 1 amide bonds. The van der Waals surface area contributed by atoms with Gasteiger partial charge in [0.1, 0.15) is 5.82 Å². The third-order valence-corrected chi connectivity index (χ3v) is 3.22. The summed E-state index contributed by atoms with van der Waals surface area (Å²) in [4.78, 5) is 14.0. The van der Waals surface area contributed by atoms with Gasteiger partial charge in [-0.2, -0.15) is 0 Å². The molecule has 120 valence electrons. The third-order valence-electron chi connectivity index (χ3n) is 3.22. The van der Waals surface area contributed by atoms with E-state index in [1.54, 1.807) is 6.07 Å². The van der Waals surface area contributed by atoms with Crippen LogP contribution in [-0.2, 0) is 11.2 Å². The lowest BCUT2D eigenvalue weighted by Gasteiger charge is -2.22. The summed E-state index contributed by atoms with van der Waals surface area (Å²) in [5.41, 5.74) is 6.61. The van der Waals surface area contributed by atoms with E-state index in [2.05, 4.69) is 0 Å². The van der Waals surface area contributed by atoms with Gasteiger partial charge in [0.05, 0.1) is 0 Å². The Morgan fingerprint density at radius 2 is 2.10 bits per heavy atom. The second kappa shape index (κ2) is 10.6. The Labute approximate surface area is 133 Å². The number of hydrogen-bond acceptors (Lipinski definition) is 2. The van der Waals surface area contributed by atoms with Crippen molar-refractivity contribution in [2.45, 2.75) is 45.6 Å². The summed E-state index contributed by atoms with van der Waals surface area (Å²) in [6.07, 6.45) is 2.80. The molecule has 0 saturated carbocycles. The fraction of sp³-hybridized carbons (Fsp3) is 0.562. The van der Waals surface area contributed by atoms with Crippen molar-refractivity contribution in [1.29, 1.82) is 0 Å². The lowest BCUT2D eigenvalue weighted by molar-refractivity contribution is -0.131. The van der Waals surface area contributed by atoms with Crippen LogP contribution in [0.2, 0.25) is 0 Å².